The van der Waals surface area contributed by atoms with Crippen molar-refractivity contribution in [1.29, 1.82) is 0 Å². The number of aromatic nitrogens is 4. The molecule has 9 nitrogen and oxygen atoms in total. The van der Waals surface area contributed by atoms with Gasteiger partial charge in [0.15, 0.2) is 22.1 Å². The fourth-order valence-corrected chi connectivity index (χ4v) is 3.59. The van der Waals surface area contributed by atoms with Gasteiger partial charge in [0.1, 0.15) is 29.2 Å². The Morgan fingerprint density at radius 2 is 1.86 bits per heavy atom. The number of nitrogens with zero attached hydrogens (tertiary/aromatic N) is 4. The third-order valence-corrected chi connectivity index (χ3v) is 5.03. The molecule has 3 heterocycles. The molecule has 1 N–H and O–H groups in total. The second kappa shape index (κ2) is 8.34. The molecule has 0 amide bonds. The van der Waals surface area contributed by atoms with Crippen LogP contribution in [0, 0.1) is 0 Å². The highest BCUT2D eigenvalue weighted by molar-refractivity contribution is 7.80. The van der Waals surface area contributed by atoms with Gasteiger partial charge >= 0.3 is 0 Å². The lowest BCUT2D eigenvalue weighted by atomic mass is 10.2. The minimum absolute atomic E-state index is 0.0886. The highest BCUT2D eigenvalue weighted by Gasteiger charge is 2.22. The smallest absolute Gasteiger partial charge is 0.188 e. The van der Waals surface area contributed by atoms with Gasteiger partial charge in [-0.15, -0.1) is 12.6 Å². The molecule has 1 aromatic carbocycles. The van der Waals surface area contributed by atoms with Crippen LogP contribution in [0.3, 0.4) is 0 Å². The van der Waals surface area contributed by atoms with E-state index in [2.05, 4.69) is 32.9 Å². The van der Waals surface area contributed by atoms with E-state index in [0.717, 1.165) is 25.9 Å². The number of thiol groups is 1. The summed E-state index contributed by atoms with van der Waals surface area (Å²) in [5, 5.41) is 3.60. The summed E-state index contributed by atoms with van der Waals surface area (Å²) in [6.45, 7) is 0.731. The van der Waals surface area contributed by atoms with Crippen molar-refractivity contribution in [3.8, 4) is 17.2 Å². The fourth-order valence-electron chi connectivity index (χ4n) is 3.39. The summed E-state index contributed by atoms with van der Waals surface area (Å²) < 4.78 is 24.2. The Labute approximate surface area is 173 Å². The number of imidazole rings is 1. The van der Waals surface area contributed by atoms with Crippen LogP contribution in [0.5, 0.6) is 17.2 Å². The Morgan fingerprint density at radius 3 is 2.48 bits per heavy atom. The van der Waals surface area contributed by atoms with Crippen LogP contribution in [0.2, 0.25) is 0 Å². The molecule has 1 aliphatic rings. The highest BCUT2D eigenvalue weighted by atomic mass is 32.1. The average molecular weight is 417 g/mol. The van der Waals surface area contributed by atoms with Gasteiger partial charge in [-0.3, -0.25) is 4.57 Å². The van der Waals surface area contributed by atoms with Crippen LogP contribution in [0.4, 0.5) is 11.5 Å². The molecule has 154 valence electrons. The highest BCUT2D eigenvalue weighted by Crippen LogP contribution is 2.41. The van der Waals surface area contributed by atoms with Crippen molar-refractivity contribution in [3.05, 3.63) is 18.5 Å². The Morgan fingerprint density at radius 1 is 1.10 bits per heavy atom. The summed E-state index contributed by atoms with van der Waals surface area (Å²) in [4.78, 5) is 13.4. The summed E-state index contributed by atoms with van der Waals surface area (Å²) in [5.74, 6) is 2.20. The van der Waals surface area contributed by atoms with Gasteiger partial charge in [0.2, 0.25) is 0 Å². The molecule has 2 aromatic heterocycles. The quantitative estimate of drug-likeness (QED) is 0.464. The number of nitrogens with one attached hydrogen (secondary N) is 1. The van der Waals surface area contributed by atoms with Gasteiger partial charge in [-0.05, 0) is 19.3 Å². The summed E-state index contributed by atoms with van der Waals surface area (Å²) >= 11 is 4.39. The fraction of sp³-hybridized carbons (Fsp3) is 0.421. The van der Waals surface area contributed by atoms with E-state index in [9.17, 15) is 0 Å². The zero-order chi connectivity index (χ0) is 20.4. The minimum atomic E-state index is -0.0886. The van der Waals surface area contributed by atoms with E-state index in [0.29, 0.717) is 45.1 Å². The number of hydrogen-bond donors (Lipinski definition) is 2. The molecule has 1 saturated heterocycles. The van der Waals surface area contributed by atoms with E-state index in [1.807, 2.05) is 4.57 Å². The number of fused-ring (bicyclic) bond motifs is 1. The summed E-state index contributed by atoms with van der Waals surface area (Å²) in [5.41, 5.74) is 1.87. The Hall–Kier alpha value is -2.72. The average Bonchev–Trinajstić information content (AvgIpc) is 3.18. The van der Waals surface area contributed by atoms with E-state index in [1.54, 1.807) is 39.8 Å². The SMILES string of the molecule is COc1cc(OC)c(Nc2nc(S)nc3c2ncn3C2CCCCO2)c(OC)c1. The maximum Gasteiger partial charge on any atom is 0.188 e. The number of ether oxygens (including phenoxy) is 4. The van der Waals surface area contributed by atoms with Crippen LogP contribution in [0.25, 0.3) is 11.2 Å². The van der Waals surface area contributed by atoms with Crippen LogP contribution in [-0.2, 0) is 4.74 Å². The summed E-state index contributed by atoms with van der Waals surface area (Å²) in [6, 6.07) is 3.53. The molecule has 0 bridgehead atoms. The van der Waals surface area contributed by atoms with Gasteiger partial charge in [0, 0.05) is 18.7 Å². The number of anilines is 2. The molecule has 0 aliphatic carbocycles. The minimum Gasteiger partial charge on any atom is -0.496 e. The first-order valence-corrected chi connectivity index (χ1v) is 9.71. The van der Waals surface area contributed by atoms with Crippen molar-refractivity contribution < 1.29 is 18.9 Å². The van der Waals surface area contributed by atoms with Gasteiger partial charge < -0.3 is 24.3 Å². The first-order chi connectivity index (χ1) is 14.1. The molecule has 1 fully saturated rings. The van der Waals surface area contributed by atoms with E-state index >= 15 is 0 Å². The van der Waals surface area contributed by atoms with E-state index in [1.165, 1.54) is 0 Å². The number of benzene rings is 1. The molecule has 10 heteroatoms. The number of methoxy groups -OCH3 is 3. The molecule has 3 aromatic rings. The van der Waals surface area contributed by atoms with E-state index in [4.69, 9.17) is 18.9 Å². The van der Waals surface area contributed by atoms with Gasteiger partial charge in [-0.25, -0.2) is 15.0 Å². The first-order valence-electron chi connectivity index (χ1n) is 9.26. The van der Waals surface area contributed by atoms with Gasteiger partial charge in [0.25, 0.3) is 0 Å². The van der Waals surface area contributed by atoms with E-state index < -0.39 is 0 Å². The van der Waals surface area contributed by atoms with Gasteiger partial charge in [-0.1, -0.05) is 0 Å². The number of hydrogen-bond acceptors (Lipinski definition) is 9. The molecular weight excluding hydrogens is 394 g/mol. The summed E-state index contributed by atoms with van der Waals surface area (Å²) in [7, 11) is 4.74. The van der Waals surface area contributed by atoms with Crippen LogP contribution in [0.15, 0.2) is 23.6 Å². The molecule has 4 rings (SSSR count). The first kappa shape index (κ1) is 19.6. The van der Waals surface area contributed by atoms with Crippen molar-refractivity contribution in [2.24, 2.45) is 0 Å². The predicted molar refractivity (Wildman–Crippen MR) is 111 cm³/mol. The molecule has 29 heavy (non-hydrogen) atoms. The van der Waals surface area contributed by atoms with Crippen LogP contribution < -0.4 is 19.5 Å². The maximum absolute atomic E-state index is 5.89. The third kappa shape index (κ3) is 3.77. The molecule has 0 spiro atoms. The largest absolute Gasteiger partial charge is 0.496 e. The standard InChI is InChI=1S/C19H23N5O4S/c1-25-11-8-12(26-2)15(13(9-11)27-3)21-17-16-18(23-19(29)22-17)24(10-20-16)14-6-4-5-7-28-14/h8-10,14H,4-7H2,1-3H3,(H2,21,22,23,29). The van der Waals surface area contributed by atoms with Crippen LogP contribution in [-0.4, -0.2) is 47.5 Å². The van der Waals surface area contributed by atoms with Crippen LogP contribution >= 0.6 is 12.6 Å². The van der Waals surface area contributed by atoms with Crippen molar-refractivity contribution in [2.75, 3.05) is 33.3 Å². The molecular formula is C19H23N5O4S. The van der Waals surface area contributed by atoms with Crippen LogP contribution in [0.1, 0.15) is 25.5 Å². The monoisotopic (exact) mass is 417 g/mol. The van der Waals surface area contributed by atoms with Crippen molar-refractivity contribution in [2.45, 2.75) is 30.6 Å². The molecule has 0 radical (unpaired) electrons. The van der Waals surface area contributed by atoms with Crippen molar-refractivity contribution >= 4 is 35.3 Å². The zero-order valence-electron chi connectivity index (χ0n) is 16.5. The second-order valence-electron chi connectivity index (χ2n) is 6.55. The molecule has 1 atom stereocenters. The Bertz CT molecular complexity index is 994. The molecule has 0 saturated carbocycles. The Balaban J connectivity index is 1.78. The number of rotatable bonds is 6. The lowest BCUT2D eigenvalue weighted by Gasteiger charge is -2.23. The van der Waals surface area contributed by atoms with Crippen molar-refractivity contribution in [3.63, 3.8) is 0 Å². The van der Waals surface area contributed by atoms with Gasteiger partial charge in [0.05, 0.1) is 27.7 Å². The van der Waals surface area contributed by atoms with E-state index in [-0.39, 0.29) is 6.23 Å². The van der Waals surface area contributed by atoms with Crippen molar-refractivity contribution in [1.82, 2.24) is 19.5 Å². The lowest BCUT2D eigenvalue weighted by Crippen LogP contribution is -2.17. The molecule has 1 unspecified atom stereocenters. The topological polar surface area (TPSA) is 92.6 Å². The summed E-state index contributed by atoms with van der Waals surface area (Å²) in [6.07, 6.45) is 4.74. The maximum atomic E-state index is 5.89. The normalized spacial score (nSPS) is 16.6. The lowest BCUT2D eigenvalue weighted by molar-refractivity contribution is -0.0298. The van der Waals surface area contributed by atoms with Gasteiger partial charge in [-0.2, -0.15) is 0 Å². The Kier molecular flexibility index (Phi) is 5.63. The molecule has 1 aliphatic heterocycles. The predicted octanol–water partition coefficient (Wildman–Crippen LogP) is 3.58. The zero-order valence-corrected chi connectivity index (χ0v) is 17.4. The third-order valence-electron chi connectivity index (χ3n) is 4.83. The second-order valence-corrected chi connectivity index (χ2v) is 6.95.